The van der Waals surface area contributed by atoms with Gasteiger partial charge in [-0.3, -0.25) is 0 Å². The Bertz CT molecular complexity index is 363. The highest BCUT2D eigenvalue weighted by atomic mass is 79.9. The molecule has 14 heavy (non-hydrogen) atoms. The zero-order chi connectivity index (χ0) is 10.7. The van der Waals surface area contributed by atoms with E-state index in [9.17, 15) is 4.79 Å². The minimum atomic E-state index is -0.348. The van der Waals surface area contributed by atoms with Crippen molar-refractivity contribution in [3.8, 4) is 0 Å². The number of hydrogen-bond donors (Lipinski definition) is 0. The first kappa shape index (κ1) is 11.5. The predicted octanol–water partition coefficient (Wildman–Crippen LogP) is 3.33. The maximum atomic E-state index is 11.5. The zero-order valence-corrected chi connectivity index (χ0v) is 10.3. The molecule has 0 saturated carbocycles. The van der Waals surface area contributed by atoms with Gasteiger partial charge in [-0.2, -0.15) is 0 Å². The number of alkyl halides is 1. The van der Waals surface area contributed by atoms with Crippen LogP contribution in [0, 0.1) is 6.92 Å². The first-order valence-electron chi connectivity index (χ1n) is 4.04. The van der Waals surface area contributed by atoms with Crippen molar-refractivity contribution in [3.05, 3.63) is 33.8 Å². The van der Waals surface area contributed by atoms with Crippen LogP contribution in [0.3, 0.4) is 0 Å². The lowest BCUT2D eigenvalue weighted by molar-refractivity contribution is 0.0599. The van der Waals surface area contributed by atoms with Crippen molar-refractivity contribution in [1.29, 1.82) is 0 Å². The number of carbonyl (C=O) groups excluding carboxylic acids is 1. The third-order valence-corrected chi connectivity index (χ3v) is 2.90. The van der Waals surface area contributed by atoms with E-state index in [0.717, 1.165) is 11.1 Å². The molecule has 2 nitrogen and oxygen atoms in total. The highest BCUT2D eigenvalue weighted by Crippen LogP contribution is 2.26. The molecule has 0 radical (unpaired) electrons. The van der Waals surface area contributed by atoms with E-state index >= 15 is 0 Å². The summed E-state index contributed by atoms with van der Waals surface area (Å²) in [6.07, 6.45) is 0. The minimum Gasteiger partial charge on any atom is -0.465 e. The van der Waals surface area contributed by atoms with Crippen molar-refractivity contribution in [2.75, 3.05) is 7.11 Å². The number of aryl methyl sites for hydroxylation is 1. The fourth-order valence-corrected chi connectivity index (χ4v) is 2.22. The third kappa shape index (κ3) is 2.10. The van der Waals surface area contributed by atoms with E-state index in [0.29, 0.717) is 15.9 Å². The highest BCUT2D eigenvalue weighted by Gasteiger charge is 2.16. The van der Waals surface area contributed by atoms with Gasteiger partial charge < -0.3 is 4.74 Å². The molecule has 0 aliphatic rings. The van der Waals surface area contributed by atoms with Crippen LogP contribution in [0.25, 0.3) is 0 Å². The molecule has 0 aliphatic heterocycles. The number of rotatable bonds is 2. The van der Waals surface area contributed by atoms with E-state index < -0.39 is 0 Å². The fraction of sp³-hybridized carbons (Fsp3) is 0.300. The standard InChI is InChI=1S/C10H10BrClO2/c1-6-3-4-8(12)7(5-11)9(6)10(13)14-2/h3-4H,5H2,1-2H3. The molecule has 0 fully saturated rings. The van der Waals surface area contributed by atoms with E-state index in [1.807, 2.05) is 6.92 Å². The van der Waals surface area contributed by atoms with E-state index in [2.05, 4.69) is 15.9 Å². The molecule has 0 bridgehead atoms. The second-order valence-electron chi connectivity index (χ2n) is 2.84. The Morgan fingerprint density at radius 3 is 2.71 bits per heavy atom. The molecule has 0 aliphatic carbocycles. The van der Waals surface area contributed by atoms with Gasteiger partial charge in [-0.15, -0.1) is 0 Å². The topological polar surface area (TPSA) is 26.3 Å². The van der Waals surface area contributed by atoms with E-state index in [1.54, 1.807) is 12.1 Å². The molecule has 0 spiro atoms. The van der Waals surface area contributed by atoms with Crippen LogP contribution in [-0.2, 0) is 10.1 Å². The number of benzene rings is 1. The molecule has 4 heteroatoms. The van der Waals surface area contributed by atoms with Crippen LogP contribution in [0.15, 0.2) is 12.1 Å². The number of hydrogen-bond acceptors (Lipinski definition) is 2. The molecule has 1 aromatic rings. The molecular weight excluding hydrogens is 267 g/mol. The summed E-state index contributed by atoms with van der Waals surface area (Å²) in [7, 11) is 1.36. The van der Waals surface area contributed by atoms with Crippen LogP contribution in [-0.4, -0.2) is 13.1 Å². The van der Waals surface area contributed by atoms with Gasteiger partial charge in [0.05, 0.1) is 12.7 Å². The van der Waals surface area contributed by atoms with Gasteiger partial charge in [-0.05, 0) is 24.1 Å². The van der Waals surface area contributed by atoms with Gasteiger partial charge >= 0.3 is 5.97 Å². The number of ether oxygens (including phenoxy) is 1. The number of halogens is 2. The zero-order valence-electron chi connectivity index (χ0n) is 7.93. The normalized spacial score (nSPS) is 10.0. The van der Waals surface area contributed by atoms with E-state index in [-0.39, 0.29) is 5.97 Å². The summed E-state index contributed by atoms with van der Waals surface area (Å²) >= 11 is 9.26. The Labute approximate surface area is 96.3 Å². The number of methoxy groups -OCH3 is 1. The van der Waals surface area contributed by atoms with Crippen LogP contribution in [0.4, 0.5) is 0 Å². The Hall–Kier alpha value is -0.540. The predicted molar refractivity (Wildman–Crippen MR) is 60.2 cm³/mol. The molecule has 0 N–H and O–H groups in total. The molecule has 76 valence electrons. The number of carbonyl (C=O) groups is 1. The lowest BCUT2D eigenvalue weighted by atomic mass is 10.0. The second kappa shape index (κ2) is 4.80. The average molecular weight is 278 g/mol. The van der Waals surface area contributed by atoms with Gasteiger partial charge in [-0.1, -0.05) is 33.6 Å². The van der Waals surface area contributed by atoms with Gasteiger partial charge in [0.2, 0.25) is 0 Å². The Balaban J connectivity index is 3.37. The summed E-state index contributed by atoms with van der Waals surface area (Å²) < 4.78 is 4.70. The minimum absolute atomic E-state index is 0.348. The van der Waals surface area contributed by atoms with E-state index in [1.165, 1.54) is 7.11 Å². The average Bonchev–Trinajstić information content (AvgIpc) is 2.19. The molecule has 0 atom stereocenters. The number of esters is 1. The van der Waals surface area contributed by atoms with Gasteiger partial charge in [-0.25, -0.2) is 4.79 Å². The molecule has 1 aromatic carbocycles. The Kier molecular flexibility index (Phi) is 3.96. The summed E-state index contributed by atoms with van der Waals surface area (Å²) in [5.74, 6) is -0.348. The van der Waals surface area contributed by atoms with Crippen molar-refractivity contribution in [2.24, 2.45) is 0 Å². The van der Waals surface area contributed by atoms with Crippen molar-refractivity contribution in [1.82, 2.24) is 0 Å². The molecular formula is C10H10BrClO2. The van der Waals surface area contributed by atoms with Crippen molar-refractivity contribution in [3.63, 3.8) is 0 Å². The Morgan fingerprint density at radius 1 is 1.57 bits per heavy atom. The summed E-state index contributed by atoms with van der Waals surface area (Å²) in [5, 5.41) is 1.12. The van der Waals surface area contributed by atoms with Crippen molar-refractivity contribution < 1.29 is 9.53 Å². The quantitative estimate of drug-likeness (QED) is 0.612. The Morgan fingerprint density at radius 2 is 2.21 bits per heavy atom. The van der Waals surface area contributed by atoms with Crippen LogP contribution in [0.2, 0.25) is 5.02 Å². The van der Waals surface area contributed by atoms with Crippen LogP contribution < -0.4 is 0 Å². The maximum absolute atomic E-state index is 11.5. The largest absolute Gasteiger partial charge is 0.465 e. The monoisotopic (exact) mass is 276 g/mol. The first-order valence-corrected chi connectivity index (χ1v) is 5.54. The lowest BCUT2D eigenvalue weighted by Crippen LogP contribution is -2.07. The summed E-state index contributed by atoms with van der Waals surface area (Å²) in [5.41, 5.74) is 2.20. The second-order valence-corrected chi connectivity index (χ2v) is 3.81. The molecule has 0 unspecified atom stereocenters. The fourth-order valence-electron chi connectivity index (χ4n) is 1.26. The van der Waals surface area contributed by atoms with Crippen molar-refractivity contribution >= 4 is 33.5 Å². The SMILES string of the molecule is COC(=O)c1c(C)ccc(Cl)c1CBr. The highest BCUT2D eigenvalue weighted by molar-refractivity contribution is 9.08. The molecule has 0 saturated heterocycles. The van der Waals surface area contributed by atoms with E-state index in [4.69, 9.17) is 16.3 Å². The van der Waals surface area contributed by atoms with Gasteiger partial charge in [0.15, 0.2) is 0 Å². The smallest absolute Gasteiger partial charge is 0.338 e. The van der Waals surface area contributed by atoms with Crippen LogP contribution >= 0.6 is 27.5 Å². The van der Waals surface area contributed by atoms with Crippen LogP contribution in [0.5, 0.6) is 0 Å². The maximum Gasteiger partial charge on any atom is 0.338 e. The van der Waals surface area contributed by atoms with Crippen molar-refractivity contribution in [2.45, 2.75) is 12.3 Å². The van der Waals surface area contributed by atoms with Gasteiger partial charge in [0.1, 0.15) is 0 Å². The lowest BCUT2D eigenvalue weighted by Gasteiger charge is -2.10. The van der Waals surface area contributed by atoms with Gasteiger partial charge in [0.25, 0.3) is 0 Å². The molecule has 1 rings (SSSR count). The molecule has 0 aromatic heterocycles. The van der Waals surface area contributed by atoms with Gasteiger partial charge in [0, 0.05) is 10.4 Å². The summed E-state index contributed by atoms with van der Waals surface area (Å²) in [6.45, 7) is 1.86. The summed E-state index contributed by atoms with van der Waals surface area (Å²) in [6, 6.07) is 3.58. The van der Waals surface area contributed by atoms with Crippen LogP contribution in [0.1, 0.15) is 21.5 Å². The third-order valence-electron chi connectivity index (χ3n) is 1.99. The molecule has 0 amide bonds. The molecule has 0 heterocycles. The first-order chi connectivity index (χ1) is 6.61. The summed E-state index contributed by atoms with van der Waals surface area (Å²) in [4.78, 5) is 11.5.